The van der Waals surface area contributed by atoms with Crippen LogP contribution in [-0.2, 0) is 9.53 Å². The first-order chi connectivity index (χ1) is 9.60. The Hall–Kier alpha value is -0.650. The largest absolute Gasteiger partial charge is 0.379 e. The number of hydrogen-bond donors (Lipinski definition) is 1. The van der Waals surface area contributed by atoms with E-state index in [4.69, 9.17) is 4.74 Å². The number of ether oxygens (including phenoxy) is 1. The molecule has 2 fully saturated rings. The molecule has 0 aromatic rings. The third-order valence-electron chi connectivity index (χ3n) is 4.67. The minimum Gasteiger partial charge on any atom is -0.379 e. The van der Waals surface area contributed by atoms with Gasteiger partial charge in [-0.2, -0.15) is 0 Å². The van der Waals surface area contributed by atoms with Crippen LogP contribution in [0.5, 0.6) is 0 Å². The highest BCUT2D eigenvalue weighted by Crippen LogP contribution is 2.25. The van der Waals surface area contributed by atoms with Crippen LogP contribution in [0.4, 0.5) is 0 Å². The van der Waals surface area contributed by atoms with Gasteiger partial charge in [0, 0.05) is 26.2 Å². The van der Waals surface area contributed by atoms with Crippen molar-refractivity contribution in [3.05, 3.63) is 0 Å². The Morgan fingerprint density at radius 2 is 2.00 bits per heavy atom. The lowest BCUT2D eigenvalue weighted by molar-refractivity contribution is -0.133. The molecule has 5 nitrogen and oxygen atoms in total. The van der Waals surface area contributed by atoms with Gasteiger partial charge in [-0.1, -0.05) is 13.8 Å². The molecule has 2 heterocycles. The van der Waals surface area contributed by atoms with Crippen LogP contribution in [0.25, 0.3) is 0 Å². The number of carbonyl (C=O) groups excluding carboxylic acids is 1. The molecule has 2 unspecified atom stereocenters. The topological polar surface area (TPSA) is 44.8 Å². The Balaban J connectivity index is 1.82. The molecule has 1 N–H and O–H groups in total. The first-order valence-corrected chi connectivity index (χ1v) is 7.99. The predicted molar refractivity (Wildman–Crippen MR) is 79.5 cm³/mol. The Kier molecular flexibility index (Phi) is 5.41. The zero-order valence-electron chi connectivity index (χ0n) is 13.2. The monoisotopic (exact) mass is 283 g/mol. The maximum atomic E-state index is 12.5. The van der Waals surface area contributed by atoms with E-state index in [0.717, 1.165) is 58.7 Å². The van der Waals surface area contributed by atoms with Gasteiger partial charge in [-0.3, -0.25) is 15.0 Å². The Labute approximate surface area is 122 Å². The first-order valence-electron chi connectivity index (χ1n) is 7.99. The van der Waals surface area contributed by atoms with Crippen molar-refractivity contribution < 1.29 is 9.53 Å². The highest BCUT2D eigenvalue weighted by molar-refractivity contribution is 5.88. The minimum absolute atomic E-state index is 0.206. The molecule has 1 amide bonds. The SMILES string of the molecule is CCC1NC(C)(CC)C(=O)N1CCCN1CCOCC1. The smallest absolute Gasteiger partial charge is 0.243 e. The summed E-state index contributed by atoms with van der Waals surface area (Å²) in [5, 5.41) is 3.50. The number of amides is 1. The molecule has 0 radical (unpaired) electrons. The Morgan fingerprint density at radius 3 is 2.60 bits per heavy atom. The quantitative estimate of drug-likeness (QED) is 0.791. The molecule has 0 spiro atoms. The van der Waals surface area contributed by atoms with Gasteiger partial charge in [-0.15, -0.1) is 0 Å². The highest BCUT2D eigenvalue weighted by Gasteiger charge is 2.45. The number of rotatable bonds is 6. The number of carbonyl (C=O) groups is 1. The predicted octanol–water partition coefficient (Wildman–Crippen LogP) is 1.05. The van der Waals surface area contributed by atoms with Gasteiger partial charge in [0.1, 0.15) is 0 Å². The van der Waals surface area contributed by atoms with E-state index in [0.29, 0.717) is 0 Å². The van der Waals surface area contributed by atoms with Crippen LogP contribution in [0.1, 0.15) is 40.0 Å². The fraction of sp³-hybridized carbons (Fsp3) is 0.933. The first kappa shape index (κ1) is 15.7. The van der Waals surface area contributed by atoms with E-state index in [9.17, 15) is 4.79 Å². The van der Waals surface area contributed by atoms with Crippen LogP contribution in [0.15, 0.2) is 0 Å². The molecule has 0 aromatic heterocycles. The number of hydrogen-bond acceptors (Lipinski definition) is 4. The maximum Gasteiger partial charge on any atom is 0.243 e. The van der Waals surface area contributed by atoms with Crippen molar-refractivity contribution in [2.45, 2.75) is 51.7 Å². The lowest BCUT2D eigenvalue weighted by Gasteiger charge is -2.28. The Bertz CT molecular complexity index is 331. The molecular weight excluding hydrogens is 254 g/mol. The van der Waals surface area contributed by atoms with Crippen molar-refractivity contribution in [2.24, 2.45) is 0 Å². The summed E-state index contributed by atoms with van der Waals surface area (Å²) >= 11 is 0. The van der Waals surface area contributed by atoms with Crippen molar-refractivity contribution in [3.8, 4) is 0 Å². The van der Waals surface area contributed by atoms with Gasteiger partial charge in [0.15, 0.2) is 0 Å². The van der Waals surface area contributed by atoms with E-state index in [-0.39, 0.29) is 17.6 Å². The van der Waals surface area contributed by atoms with Gasteiger partial charge < -0.3 is 9.64 Å². The van der Waals surface area contributed by atoms with Crippen molar-refractivity contribution in [1.82, 2.24) is 15.1 Å². The molecule has 0 aromatic carbocycles. The van der Waals surface area contributed by atoms with E-state index < -0.39 is 0 Å². The average molecular weight is 283 g/mol. The van der Waals surface area contributed by atoms with Gasteiger partial charge in [-0.25, -0.2) is 0 Å². The van der Waals surface area contributed by atoms with Gasteiger partial charge in [0.2, 0.25) is 5.91 Å². The molecule has 116 valence electrons. The standard InChI is InChI=1S/C15H29N3O2/c1-4-13-16-15(3,5-2)14(19)18(13)8-6-7-17-9-11-20-12-10-17/h13,16H,4-12H2,1-3H3. The van der Waals surface area contributed by atoms with Crippen LogP contribution in [0.3, 0.4) is 0 Å². The summed E-state index contributed by atoms with van der Waals surface area (Å²) in [4.78, 5) is 17.0. The molecular formula is C15H29N3O2. The van der Waals surface area contributed by atoms with E-state index in [1.807, 2.05) is 11.8 Å². The number of nitrogens with one attached hydrogen (secondary N) is 1. The number of morpholine rings is 1. The van der Waals surface area contributed by atoms with Crippen LogP contribution in [0.2, 0.25) is 0 Å². The van der Waals surface area contributed by atoms with E-state index >= 15 is 0 Å². The van der Waals surface area contributed by atoms with Crippen LogP contribution in [-0.4, -0.2) is 66.8 Å². The van der Waals surface area contributed by atoms with Crippen molar-refractivity contribution in [2.75, 3.05) is 39.4 Å². The third kappa shape index (κ3) is 3.32. The molecule has 2 aliphatic rings. The molecule has 0 saturated carbocycles. The van der Waals surface area contributed by atoms with Gasteiger partial charge >= 0.3 is 0 Å². The molecule has 0 bridgehead atoms. The lowest BCUT2D eigenvalue weighted by Crippen LogP contribution is -2.43. The molecule has 2 atom stereocenters. The van der Waals surface area contributed by atoms with Gasteiger partial charge in [0.25, 0.3) is 0 Å². The fourth-order valence-electron chi connectivity index (χ4n) is 3.09. The molecule has 2 aliphatic heterocycles. The van der Waals surface area contributed by atoms with Crippen LogP contribution in [0, 0.1) is 0 Å². The van der Waals surface area contributed by atoms with E-state index in [1.165, 1.54) is 0 Å². The molecule has 0 aliphatic carbocycles. The van der Waals surface area contributed by atoms with Gasteiger partial charge in [0.05, 0.1) is 24.9 Å². The maximum absolute atomic E-state index is 12.5. The molecule has 20 heavy (non-hydrogen) atoms. The third-order valence-corrected chi connectivity index (χ3v) is 4.67. The highest BCUT2D eigenvalue weighted by atomic mass is 16.5. The summed E-state index contributed by atoms with van der Waals surface area (Å²) in [5.41, 5.74) is -0.361. The summed E-state index contributed by atoms with van der Waals surface area (Å²) in [6.45, 7) is 11.9. The fourth-order valence-corrected chi connectivity index (χ4v) is 3.09. The molecule has 2 saturated heterocycles. The van der Waals surface area contributed by atoms with Crippen molar-refractivity contribution in [1.29, 1.82) is 0 Å². The summed E-state index contributed by atoms with van der Waals surface area (Å²) in [6, 6.07) is 0. The summed E-state index contributed by atoms with van der Waals surface area (Å²) < 4.78 is 5.36. The van der Waals surface area contributed by atoms with Gasteiger partial charge in [-0.05, 0) is 26.2 Å². The molecule has 5 heteroatoms. The second-order valence-electron chi connectivity index (χ2n) is 6.06. The van der Waals surface area contributed by atoms with Crippen LogP contribution >= 0.6 is 0 Å². The van der Waals surface area contributed by atoms with E-state index in [1.54, 1.807) is 0 Å². The van der Waals surface area contributed by atoms with Crippen molar-refractivity contribution in [3.63, 3.8) is 0 Å². The summed E-state index contributed by atoms with van der Waals surface area (Å²) in [6.07, 6.45) is 3.07. The molecule has 2 rings (SSSR count). The second-order valence-corrected chi connectivity index (χ2v) is 6.06. The summed E-state index contributed by atoms with van der Waals surface area (Å²) in [5.74, 6) is 0.272. The summed E-state index contributed by atoms with van der Waals surface area (Å²) in [7, 11) is 0. The van der Waals surface area contributed by atoms with E-state index in [2.05, 4.69) is 24.1 Å². The normalized spacial score (nSPS) is 32.0. The Morgan fingerprint density at radius 1 is 1.30 bits per heavy atom. The zero-order valence-corrected chi connectivity index (χ0v) is 13.2. The number of nitrogens with zero attached hydrogens (tertiary/aromatic N) is 2. The minimum atomic E-state index is -0.361. The average Bonchev–Trinajstić information content (AvgIpc) is 2.73. The van der Waals surface area contributed by atoms with Crippen LogP contribution < -0.4 is 5.32 Å². The second kappa shape index (κ2) is 6.87. The lowest BCUT2D eigenvalue weighted by atomic mass is 9.99. The van der Waals surface area contributed by atoms with Crippen molar-refractivity contribution >= 4 is 5.91 Å². The zero-order chi connectivity index (χ0) is 14.6.